The standard InChI is InChI=1S/C14H20ClN3O/c15-13-12(6-4-7-16-13)14(19)17-8-5-11-18-9-2-1-3-10-18/h4,6-7H,1-3,5,8-11H2,(H,17,19). The van der Waals surface area contributed by atoms with Gasteiger partial charge in [0.05, 0.1) is 5.56 Å². The van der Waals surface area contributed by atoms with Crippen LogP contribution in [-0.4, -0.2) is 42.0 Å². The van der Waals surface area contributed by atoms with Crippen molar-refractivity contribution >= 4 is 17.5 Å². The average Bonchev–Trinajstić information content (AvgIpc) is 2.45. The van der Waals surface area contributed by atoms with E-state index in [1.54, 1.807) is 18.3 Å². The maximum absolute atomic E-state index is 11.9. The fraction of sp³-hybridized carbons (Fsp3) is 0.571. The lowest BCUT2D eigenvalue weighted by Crippen LogP contribution is -2.33. The second-order valence-electron chi connectivity index (χ2n) is 4.85. The number of rotatable bonds is 5. The van der Waals surface area contributed by atoms with E-state index in [0.717, 1.165) is 13.0 Å². The number of nitrogens with zero attached hydrogens (tertiary/aromatic N) is 2. The zero-order valence-electron chi connectivity index (χ0n) is 11.1. The third-order valence-corrected chi connectivity index (χ3v) is 3.69. The van der Waals surface area contributed by atoms with Crippen LogP contribution in [0.5, 0.6) is 0 Å². The zero-order valence-corrected chi connectivity index (χ0v) is 11.8. The van der Waals surface area contributed by atoms with Gasteiger partial charge in [-0.3, -0.25) is 4.79 Å². The Labute approximate surface area is 119 Å². The molecule has 1 N–H and O–H groups in total. The van der Waals surface area contributed by atoms with Crippen molar-refractivity contribution in [3.8, 4) is 0 Å². The van der Waals surface area contributed by atoms with Crippen LogP contribution >= 0.6 is 11.6 Å². The van der Waals surface area contributed by atoms with E-state index in [9.17, 15) is 4.79 Å². The molecule has 1 aliphatic heterocycles. The van der Waals surface area contributed by atoms with Crippen molar-refractivity contribution in [1.82, 2.24) is 15.2 Å². The highest BCUT2D eigenvalue weighted by atomic mass is 35.5. The van der Waals surface area contributed by atoms with Gasteiger partial charge in [-0.15, -0.1) is 0 Å². The van der Waals surface area contributed by atoms with Crippen molar-refractivity contribution in [2.45, 2.75) is 25.7 Å². The SMILES string of the molecule is O=C(NCCCN1CCCCC1)c1cccnc1Cl. The molecule has 0 saturated carbocycles. The summed E-state index contributed by atoms with van der Waals surface area (Å²) in [4.78, 5) is 18.2. The van der Waals surface area contributed by atoms with Crippen molar-refractivity contribution in [3.05, 3.63) is 29.0 Å². The largest absolute Gasteiger partial charge is 0.352 e. The highest BCUT2D eigenvalue weighted by Crippen LogP contribution is 2.11. The first-order valence-electron chi connectivity index (χ1n) is 6.88. The van der Waals surface area contributed by atoms with Gasteiger partial charge in [0.25, 0.3) is 5.91 Å². The van der Waals surface area contributed by atoms with Crippen molar-refractivity contribution < 1.29 is 4.79 Å². The average molecular weight is 282 g/mol. The Morgan fingerprint density at radius 2 is 2.16 bits per heavy atom. The van der Waals surface area contributed by atoms with Crippen LogP contribution in [0.1, 0.15) is 36.0 Å². The Morgan fingerprint density at radius 3 is 2.89 bits per heavy atom. The van der Waals surface area contributed by atoms with Gasteiger partial charge in [0.15, 0.2) is 0 Å². The van der Waals surface area contributed by atoms with Crippen molar-refractivity contribution in [1.29, 1.82) is 0 Å². The molecule has 0 aromatic carbocycles. The minimum Gasteiger partial charge on any atom is -0.352 e. The van der Waals surface area contributed by atoms with Gasteiger partial charge in [-0.2, -0.15) is 0 Å². The van der Waals surface area contributed by atoms with Crippen molar-refractivity contribution in [2.75, 3.05) is 26.2 Å². The summed E-state index contributed by atoms with van der Waals surface area (Å²) >= 11 is 5.87. The Balaban J connectivity index is 1.68. The number of nitrogens with one attached hydrogen (secondary N) is 1. The number of carbonyl (C=O) groups excluding carboxylic acids is 1. The summed E-state index contributed by atoms with van der Waals surface area (Å²) in [6.45, 7) is 4.13. The number of amides is 1. The molecule has 104 valence electrons. The number of carbonyl (C=O) groups is 1. The molecule has 1 saturated heterocycles. The Morgan fingerprint density at radius 1 is 1.37 bits per heavy atom. The molecule has 0 radical (unpaired) electrons. The third kappa shape index (κ3) is 4.48. The first-order chi connectivity index (χ1) is 9.27. The summed E-state index contributed by atoms with van der Waals surface area (Å²) in [6.07, 6.45) is 6.52. The fourth-order valence-corrected chi connectivity index (χ4v) is 2.54. The topological polar surface area (TPSA) is 45.2 Å². The number of likely N-dealkylation sites (tertiary alicyclic amines) is 1. The molecule has 2 heterocycles. The van der Waals surface area contributed by atoms with E-state index < -0.39 is 0 Å². The van der Waals surface area contributed by atoms with Crippen LogP contribution in [0.15, 0.2) is 18.3 Å². The van der Waals surface area contributed by atoms with Gasteiger partial charge in [-0.25, -0.2) is 4.98 Å². The summed E-state index contributed by atoms with van der Waals surface area (Å²) in [6, 6.07) is 3.41. The monoisotopic (exact) mass is 281 g/mol. The maximum Gasteiger partial charge on any atom is 0.254 e. The van der Waals surface area contributed by atoms with Crippen molar-refractivity contribution in [2.24, 2.45) is 0 Å². The molecular formula is C14H20ClN3O. The second-order valence-corrected chi connectivity index (χ2v) is 5.21. The predicted octanol–water partition coefficient (Wildman–Crippen LogP) is 2.34. The van der Waals surface area contributed by atoms with E-state index in [1.807, 2.05) is 0 Å². The van der Waals surface area contributed by atoms with E-state index in [1.165, 1.54) is 32.4 Å². The molecule has 2 rings (SSSR count). The summed E-state index contributed by atoms with van der Waals surface area (Å²) < 4.78 is 0. The normalized spacial score (nSPS) is 16.3. The van der Waals surface area contributed by atoms with Gasteiger partial charge in [0.1, 0.15) is 5.15 Å². The summed E-state index contributed by atoms with van der Waals surface area (Å²) in [5, 5.41) is 3.15. The first kappa shape index (κ1) is 14.3. The van der Waals surface area contributed by atoms with Gasteiger partial charge >= 0.3 is 0 Å². The highest BCUT2D eigenvalue weighted by Gasteiger charge is 2.11. The van der Waals surface area contributed by atoms with Crippen LogP contribution in [0.3, 0.4) is 0 Å². The molecule has 0 spiro atoms. The van der Waals surface area contributed by atoms with Gasteiger partial charge in [0.2, 0.25) is 0 Å². The van der Waals surface area contributed by atoms with E-state index >= 15 is 0 Å². The predicted molar refractivity (Wildman–Crippen MR) is 76.5 cm³/mol. The minimum atomic E-state index is -0.142. The van der Waals surface area contributed by atoms with Crippen LogP contribution in [0.25, 0.3) is 0 Å². The smallest absolute Gasteiger partial charge is 0.254 e. The van der Waals surface area contributed by atoms with E-state index in [-0.39, 0.29) is 11.1 Å². The van der Waals surface area contributed by atoms with E-state index in [0.29, 0.717) is 12.1 Å². The van der Waals surface area contributed by atoms with E-state index in [2.05, 4.69) is 15.2 Å². The van der Waals surface area contributed by atoms with Gasteiger partial charge in [-0.05, 0) is 51.0 Å². The number of hydrogen-bond donors (Lipinski definition) is 1. The molecule has 4 nitrogen and oxygen atoms in total. The molecule has 1 aromatic rings. The molecule has 5 heteroatoms. The molecule has 0 atom stereocenters. The molecular weight excluding hydrogens is 262 g/mol. The summed E-state index contributed by atoms with van der Waals surface area (Å²) in [5.74, 6) is -0.142. The van der Waals surface area contributed by atoms with E-state index in [4.69, 9.17) is 11.6 Å². The lowest BCUT2D eigenvalue weighted by atomic mass is 10.1. The van der Waals surface area contributed by atoms with Crippen LogP contribution < -0.4 is 5.32 Å². The zero-order chi connectivity index (χ0) is 13.5. The highest BCUT2D eigenvalue weighted by molar-refractivity contribution is 6.32. The Kier molecular flexibility index (Phi) is 5.61. The first-order valence-corrected chi connectivity index (χ1v) is 7.26. The fourth-order valence-electron chi connectivity index (χ4n) is 2.34. The van der Waals surface area contributed by atoms with Gasteiger partial charge in [0, 0.05) is 12.7 Å². The molecule has 0 unspecified atom stereocenters. The Bertz CT molecular complexity index is 419. The van der Waals surface area contributed by atoms with Crippen molar-refractivity contribution in [3.63, 3.8) is 0 Å². The maximum atomic E-state index is 11.9. The van der Waals surface area contributed by atoms with Crippen LogP contribution in [0.4, 0.5) is 0 Å². The Hall–Kier alpha value is -1.13. The number of aromatic nitrogens is 1. The number of halogens is 1. The number of hydrogen-bond acceptors (Lipinski definition) is 3. The van der Waals surface area contributed by atoms with Gasteiger partial charge in [-0.1, -0.05) is 18.0 Å². The second kappa shape index (κ2) is 7.46. The molecule has 0 bridgehead atoms. The van der Waals surface area contributed by atoms with Crippen LogP contribution in [0.2, 0.25) is 5.15 Å². The van der Waals surface area contributed by atoms with Crippen LogP contribution in [-0.2, 0) is 0 Å². The number of piperidine rings is 1. The van der Waals surface area contributed by atoms with Gasteiger partial charge < -0.3 is 10.2 Å². The molecule has 1 fully saturated rings. The molecule has 1 amide bonds. The summed E-state index contributed by atoms with van der Waals surface area (Å²) in [7, 11) is 0. The van der Waals surface area contributed by atoms with Crippen LogP contribution in [0, 0.1) is 0 Å². The molecule has 1 aromatic heterocycles. The third-order valence-electron chi connectivity index (χ3n) is 3.39. The molecule has 0 aliphatic carbocycles. The number of pyridine rings is 1. The summed E-state index contributed by atoms with van der Waals surface area (Å²) in [5.41, 5.74) is 0.446. The molecule has 1 aliphatic rings. The lowest BCUT2D eigenvalue weighted by molar-refractivity contribution is 0.0951. The molecule has 19 heavy (non-hydrogen) atoms. The minimum absolute atomic E-state index is 0.142. The quantitative estimate of drug-likeness (QED) is 0.666. The lowest BCUT2D eigenvalue weighted by Gasteiger charge is -2.26.